The molecule has 0 bridgehead atoms. The molecule has 1 N–H and O–H groups in total. The predicted molar refractivity (Wildman–Crippen MR) is 68.1 cm³/mol. The number of halogens is 1. The fourth-order valence-electron chi connectivity index (χ4n) is 2.54. The first kappa shape index (κ1) is 11.2. The minimum Gasteiger partial charge on any atom is -0.496 e. The molecule has 1 unspecified atom stereocenters. The van der Waals surface area contributed by atoms with E-state index in [0.29, 0.717) is 6.54 Å². The van der Waals surface area contributed by atoms with E-state index in [9.17, 15) is 4.39 Å². The smallest absolute Gasteiger partial charge is 0.128 e. The van der Waals surface area contributed by atoms with E-state index in [1.165, 1.54) is 6.07 Å². The Hall–Kier alpha value is -1.87. The lowest BCUT2D eigenvalue weighted by atomic mass is 9.97. The SMILES string of the molecule is COc1ccccc1C1NCc2cccc(F)c21. The van der Waals surface area contributed by atoms with E-state index in [0.717, 1.165) is 22.4 Å². The molecule has 92 valence electrons. The Morgan fingerprint density at radius 3 is 2.83 bits per heavy atom. The van der Waals surface area contributed by atoms with Crippen molar-refractivity contribution in [3.05, 3.63) is 65.0 Å². The average Bonchev–Trinajstić information content (AvgIpc) is 2.84. The molecule has 0 amide bonds. The van der Waals surface area contributed by atoms with Crippen molar-refractivity contribution in [2.24, 2.45) is 0 Å². The summed E-state index contributed by atoms with van der Waals surface area (Å²) in [4.78, 5) is 0. The standard InChI is InChI=1S/C15H14FNO/c1-18-13-8-3-2-6-11(13)15-14-10(9-17-15)5-4-7-12(14)16/h2-8,15,17H,9H2,1H3. The van der Waals surface area contributed by atoms with E-state index < -0.39 is 0 Å². The van der Waals surface area contributed by atoms with Crippen molar-refractivity contribution in [1.29, 1.82) is 0 Å². The van der Waals surface area contributed by atoms with Crippen molar-refractivity contribution in [2.75, 3.05) is 7.11 Å². The molecule has 18 heavy (non-hydrogen) atoms. The Bertz CT molecular complexity index is 582. The van der Waals surface area contributed by atoms with Gasteiger partial charge in [0.1, 0.15) is 11.6 Å². The van der Waals surface area contributed by atoms with Gasteiger partial charge in [-0.2, -0.15) is 0 Å². The lowest BCUT2D eigenvalue weighted by Crippen LogP contribution is -2.15. The van der Waals surface area contributed by atoms with E-state index in [-0.39, 0.29) is 11.9 Å². The van der Waals surface area contributed by atoms with Crippen LogP contribution in [0, 0.1) is 5.82 Å². The molecule has 0 fully saturated rings. The number of hydrogen-bond acceptors (Lipinski definition) is 2. The van der Waals surface area contributed by atoms with Crippen LogP contribution in [-0.2, 0) is 6.54 Å². The van der Waals surface area contributed by atoms with Crippen LogP contribution in [0.15, 0.2) is 42.5 Å². The normalized spacial score (nSPS) is 17.6. The van der Waals surface area contributed by atoms with Gasteiger partial charge < -0.3 is 10.1 Å². The summed E-state index contributed by atoms with van der Waals surface area (Å²) in [5, 5.41) is 3.33. The third-order valence-electron chi connectivity index (χ3n) is 3.38. The maximum absolute atomic E-state index is 14.0. The number of nitrogens with one attached hydrogen (secondary N) is 1. The molecule has 0 saturated carbocycles. The maximum Gasteiger partial charge on any atom is 0.128 e. The van der Waals surface area contributed by atoms with Crippen molar-refractivity contribution >= 4 is 0 Å². The number of methoxy groups -OCH3 is 1. The van der Waals surface area contributed by atoms with Crippen LogP contribution in [0.5, 0.6) is 5.75 Å². The van der Waals surface area contributed by atoms with Crippen LogP contribution >= 0.6 is 0 Å². The molecule has 0 saturated heterocycles. The first-order valence-electron chi connectivity index (χ1n) is 5.95. The molecule has 0 aliphatic carbocycles. The maximum atomic E-state index is 14.0. The summed E-state index contributed by atoms with van der Waals surface area (Å²) >= 11 is 0. The second-order valence-corrected chi connectivity index (χ2v) is 4.37. The van der Waals surface area contributed by atoms with Gasteiger partial charge in [0.25, 0.3) is 0 Å². The number of hydrogen-bond donors (Lipinski definition) is 1. The molecule has 1 aliphatic rings. The second kappa shape index (κ2) is 4.42. The summed E-state index contributed by atoms with van der Waals surface area (Å²) in [5.74, 6) is 0.625. The summed E-state index contributed by atoms with van der Waals surface area (Å²) in [5.41, 5.74) is 2.73. The third-order valence-corrected chi connectivity index (χ3v) is 3.38. The third kappa shape index (κ3) is 1.68. The fourth-order valence-corrected chi connectivity index (χ4v) is 2.54. The molecule has 2 aromatic carbocycles. The molecule has 2 nitrogen and oxygen atoms in total. The number of rotatable bonds is 2. The molecular formula is C15H14FNO. The van der Waals surface area contributed by atoms with Gasteiger partial charge >= 0.3 is 0 Å². The van der Waals surface area contributed by atoms with Crippen LogP contribution in [0.1, 0.15) is 22.7 Å². The van der Waals surface area contributed by atoms with Crippen molar-refractivity contribution < 1.29 is 9.13 Å². The minimum atomic E-state index is -0.159. The highest BCUT2D eigenvalue weighted by molar-refractivity contribution is 5.47. The summed E-state index contributed by atoms with van der Waals surface area (Å²) in [7, 11) is 1.63. The van der Waals surface area contributed by atoms with E-state index in [4.69, 9.17) is 4.74 Å². The molecule has 1 heterocycles. The van der Waals surface area contributed by atoms with Gasteiger partial charge in [0.2, 0.25) is 0 Å². The Balaban J connectivity index is 2.12. The summed E-state index contributed by atoms with van der Waals surface area (Å²) < 4.78 is 19.3. The summed E-state index contributed by atoms with van der Waals surface area (Å²) in [6.45, 7) is 0.690. The van der Waals surface area contributed by atoms with Gasteiger partial charge in [-0.25, -0.2) is 4.39 Å². The monoisotopic (exact) mass is 243 g/mol. The van der Waals surface area contributed by atoms with Gasteiger partial charge in [0.05, 0.1) is 13.2 Å². The van der Waals surface area contributed by atoms with Crippen LogP contribution in [-0.4, -0.2) is 7.11 Å². The van der Waals surface area contributed by atoms with Crippen molar-refractivity contribution in [3.63, 3.8) is 0 Å². The van der Waals surface area contributed by atoms with Crippen LogP contribution in [0.25, 0.3) is 0 Å². The second-order valence-electron chi connectivity index (χ2n) is 4.37. The Labute approximate surface area is 105 Å². The average molecular weight is 243 g/mol. The number of benzene rings is 2. The largest absolute Gasteiger partial charge is 0.496 e. The van der Waals surface area contributed by atoms with Gasteiger partial charge in [-0.3, -0.25) is 0 Å². The number of para-hydroxylation sites is 1. The highest BCUT2D eigenvalue weighted by atomic mass is 19.1. The Morgan fingerprint density at radius 2 is 2.00 bits per heavy atom. The predicted octanol–water partition coefficient (Wildman–Crippen LogP) is 3.03. The lowest BCUT2D eigenvalue weighted by Gasteiger charge is -2.16. The molecule has 0 radical (unpaired) electrons. The highest BCUT2D eigenvalue weighted by Gasteiger charge is 2.28. The molecule has 1 atom stereocenters. The van der Waals surface area contributed by atoms with Crippen molar-refractivity contribution in [3.8, 4) is 5.75 Å². The fraction of sp³-hybridized carbons (Fsp3) is 0.200. The van der Waals surface area contributed by atoms with Gasteiger partial charge in [0, 0.05) is 17.7 Å². The zero-order chi connectivity index (χ0) is 12.5. The van der Waals surface area contributed by atoms with Crippen LogP contribution < -0.4 is 10.1 Å². The zero-order valence-corrected chi connectivity index (χ0v) is 10.1. The van der Waals surface area contributed by atoms with Crippen LogP contribution in [0.2, 0.25) is 0 Å². The highest BCUT2D eigenvalue weighted by Crippen LogP contribution is 2.36. The summed E-state index contributed by atoms with van der Waals surface area (Å²) in [6, 6.07) is 12.8. The quantitative estimate of drug-likeness (QED) is 0.875. The van der Waals surface area contributed by atoms with Gasteiger partial charge in [-0.1, -0.05) is 30.3 Å². The number of fused-ring (bicyclic) bond motifs is 1. The van der Waals surface area contributed by atoms with E-state index in [2.05, 4.69) is 5.32 Å². The first-order valence-corrected chi connectivity index (χ1v) is 5.95. The minimum absolute atomic E-state index is 0.127. The lowest BCUT2D eigenvalue weighted by molar-refractivity contribution is 0.405. The molecule has 0 aromatic heterocycles. The van der Waals surface area contributed by atoms with Gasteiger partial charge in [-0.15, -0.1) is 0 Å². The van der Waals surface area contributed by atoms with Gasteiger partial charge in [-0.05, 0) is 17.7 Å². The van der Waals surface area contributed by atoms with E-state index in [1.54, 1.807) is 13.2 Å². The van der Waals surface area contributed by atoms with Crippen molar-refractivity contribution in [2.45, 2.75) is 12.6 Å². The van der Waals surface area contributed by atoms with Crippen molar-refractivity contribution in [1.82, 2.24) is 5.32 Å². The van der Waals surface area contributed by atoms with E-state index >= 15 is 0 Å². The molecular weight excluding hydrogens is 229 g/mol. The Kier molecular flexibility index (Phi) is 2.76. The van der Waals surface area contributed by atoms with Crippen LogP contribution in [0.4, 0.5) is 4.39 Å². The summed E-state index contributed by atoms with van der Waals surface area (Å²) in [6.07, 6.45) is 0. The molecule has 3 rings (SSSR count). The number of ether oxygens (including phenoxy) is 1. The molecule has 3 heteroatoms. The van der Waals surface area contributed by atoms with Crippen LogP contribution in [0.3, 0.4) is 0 Å². The first-order chi connectivity index (χ1) is 8.81. The van der Waals surface area contributed by atoms with E-state index in [1.807, 2.05) is 30.3 Å². The topological polar surface area (TPSA) is 21.3 Å². The Morgan fingerprint density at radius 1 is 1.17 bits per heavy atom. The molecule has 1 aliphatic heterocycles. The zero-order valence-electron chi connectivity index (χ0n) is 10.1. The molecule has 2 aromatic rings. The molecule has 0 spiro atoms. The van der Waals surface area contributed by atoms with Gasteiger partial charge in [0.15, 0.2) is 0 Å².